The normalized spacial score (nSPS) is 23.1. The molecule has 0 saturated heterocycles. The number of ketones is 1. The average Bonchev–Trinajstić information content (AvgIpc) is 2.43. The van der Waals surface area contributed by atoms with E-state index in [9.17, 15) is 9.18 Å². The Morgan fingerprint density at radius 3 is 2.55 bits per heavy atom. The van der Waals surface area contributed by atoms with E-state index in [1.54, 1.807) is 12.1 Å². The van der Waals surface area contributed by atoms with Gasteiger partial charge in [-0.05, 0) is 61.3 Å². The molecule has 1 aliphatic rings. The van der Waals surface area contributed by atoms with Crippen molar-refractivity contribution in [3.8, 4) is 0 Å². The molecular formula is C17H22BrFO. The maximum atomic E-state index is 13.7. The number of carbonyl (C=O) groups is 1. The van der Waals surface area contributed by atoms with Gasteiger partial charge in [0.15, 0.2) is 0 Å². The van der Waals surface area contributed by atoms with Crippen molar-refractivity contribution in [3.05, 3.63) is 34.1 Å². The fourth-order valence-corrected chi connectivity index (χ4v) is 3.53. The second-order valence-corrected chi connectivity index (χ2v) is 7.15. The van der Waals surface area contributed by atoms with Crippen LogP contribution in [0.3, 0.4) is 0 Å². The van der Waals surface area contributed by atoms with E-state index < -0.39 is 0 Å². The van der Waals surface area contributed by atoms with E-state index in [1.165, 1.54) is 6.07 Å². The predicted octanol–water partition coefficient (Wildman–Crippen LogP) is 5.16. The Labute approximate surface area is 129 Å². The highest BCUT2D eigenvalue weighted by atomic mass is 79.9. The van der Waals surface area contributed by atoms with E-state index in [4.69, 9.17) is 0 Å². The van der Waals surface area contributed by atoms with E-state index in [2.05, 4.69) is 29.8 Å². The zero-order valence-corrected chi connectivity index (χ0v) is 13.7. The molecule has 0 amide bonds. The van der Waals surface area contributed by atoms with Crippen LogP contribution in [0.5, 0.6) is 0 Å². The summed E-state index contributed by atoms with van der Waals surface area (Å²) in [6.45, 7) is 4.51. The number of carbonyl (C=O) groups excluding carboxylic acids is 1. The van der Waals surface area contributed by atoms with Gasteiger partial charge in [-0.15, -0.1) is 0 Å². The lowest BCUT2D eigenvalue weighted by atomic mass is 9.75. The van der Waals surface area contributed by atoms with Gasteiger partial charge in [-0.1, -0.05) is 29.8 Å². The van der Waals surface area contributed by atoms with E-state index in [-0.39, 0.29) is 23.9 Å². The van der Waals surface area contributed by atoms with Crippen molar-refractivity contribution >= 4 is 21.7 Å². The monoisotopic (exact) mass is 340 g/mol. The molecule has 1 aliphatic carbocycles. The van der Waals surface area contributed by atoms with Crippen molar-refractivity contribution < 1.29 is 9.18 Å². The molecule has 1 aromatic rings. The van der Waals surface area contributed by atoms with Gasteiger partial charge in [-0.3, -0.25) is 4.79 Å². The molecule has 1 nitrogen and oxygen atoms in total. The van der Waals surface area contributed by atoms with E-state index in [0.29, 0.717) is 11.5 Å². The molecule has 1 aromatic carbocycles. The summed E-state index contributed by atoms with van der Waals surface area (Å²) >= 11 is 3.33. The first-order chi connectivity index (χ1) is 9.47. The molecule has 0 unspecified atom stereocenters. The molecule has 0 N–H and O–H groups in total. The topological polar surface area (TPSA) is 17.1 Å². The summed E-state index contributed by atoms with van der Waals surface area (Å²) in [5.41, 5.74) is 0.510. The lowest BCUT2D eigenvalue weighted by Gasteiger charge is -2.30. The van der Waals surface area contributed by atoms with E-state index in [0.717, 1.165) is 36.1 Å². The van der Waals surface area contributed by atoms with Gasteiger partial charge in [0.1, 0.15) is 11.6 Å². The second-order valence-electron chi connectivity index (χ2n) is 6.23. The third-order valence-electron chi connectivity index (χ3n) is 4.54. The van der Waals surface area contributed by atoms with Crippen LogP contribution >= 0.6 is 15.9 Å². The molecule has 1 fully saturated rings. The van der Waals surface area contributed by atoms with Crippen LogP contribution in [0.4, 0.5) is 4.39 Å². The Bertz CT molecular complexity index is 476. The van der Waals surface area contributed by atoms with Crippen LogP contribution in [0, 0.1) is 23.6 Å². The minimum Gasteiger partial charge on any atom is -0.299 e. The molecule has 0 heterocycles. The smallest absolute Gasteiger partial charge is 0.140 e. The molecule has 2 rings (SSSR count). The summed E-state index contributed by atoms with van der Waals surface area (Å²) in [7, 11) is 0. The molecule has 0 bridgehead atoms. The zero-order chi connectivity index (χ0) is 14.7. The Hall–Kier alpha value is -0.700. The lowest BCUT2D eigenvalue weighted by Crippen LogP contribution is -2.25. The maximum absolute atomic E-state index is 13.7. The zero-order valence-electron chi connectivity index (χ0n) is 12.2. The van der Waals surface area contributed by atoms with Gasteiger partial charge < -0.3 is 0 Å². The van der Waals surface area contributed by atoms with Gasteiger partial charge >= 0.3 is 0 Å². The van der Waals surface area contributed by atoms with Crippen molar-refractivity contribution in [2.24, 2.45) is 17.8 Å². The average molecular weight is 341 g/mol. The number of benzene rings is 1. The van der Waals surface area contributed by atoms with Crippen molar-refractivity contribution in [2.75, 3.05) is 0 Å². The standard InChI is InChI=1S/C17H22BrFO/c1-11(2)12-3-5-13(6-4-12)17(20)10-14-9-15(18)7-8-16(14)19/h7-9,11-13H,3-6,10H2,1-2H3. The van der Waals surface area contributed by atoms with Crippen molar-refractivity contribution in [1.29, 1.82) is 0 Å². The van der Waals surface area contributed by atoms with Crippen LogP contribution in [0.15, 0.2) is 22.7 Å². The number of hydrogen-bond donors (Lipinski definition) is 0. The summed E-state index contributed by atoms with van der Waals surface area (Å²) in [4.78, 5) is 12.3. The Kier molecular flexibility index (Phi) is 5.36. The summed E-state index contributed by atoms with van der Waals surface area (Å²) in [5, 5.41) is 0. The van der Waals surface area contributed by atoms with Gasteiger partial charge in [0.25, 0.3) is 0 Å². The van der Waals surface area contributed by atoms with Gasteiger partial charge in [0.05, 0.1) is 0 Å². The van der Waals surface area contributed by atoms with Crippen LogP contribution in [-0.4, -0.2) is 5.78 Å². The highest BCUT2D eigenvalue weighted by molar-refractivity contribution is 9.10. The van der Waals surface area contributed by atoms with Crippen LogP contribution < -0.4 is 0 Å². The largest absolute Gasteiger partial charge is 0.299 e. The molecule has 0 radical (unpaired) electrons. The third-order valence-corrected chi connectivity index (χ3v) is 5.04. The molecule has 0 aliphatic heterocycles. The second kappa shape index (κ2) is 6.84. The summed E-state index contributed by atoms with van der Waals surface area (Å²) in [5.74, 6) is 1.50. The Balaban J connectivity index is 1.94. The fraction of sp³-hybridized carbons (Fsp3) is 0.588. The molecule has 0 aromatic heterocycles. The molecular weight excluding hydrogens is 319 g/mol. The van der Waals surface area contributed by atoms with Crippen molar-refractivity contribution in [3.63, 3.8) is 0 Å². The maximum Gasteiger partial charge on any atom is 0.140 e. The first-order valence-corrected chi connectivity index (χ1v) is 8.23. The molecule has 0 atom stereocenters. The third kappa shape index (κ3) is 3.91. The van der Waals surface area contributed by atoms with E-state index >= 15 is 0 Å². The summed E-state index contributed by atoms with van der Waals surface area (Å²) in [6, 6.07) is 4.80. The fourth-order valence-electron chi connectivity index (χ4n) is 3.12. The number of hydrogen-bond acceptors (Lipinski definition) is 1. The first kappa shape index (κ1) is 15.7. The van der Waals surface area contributed by atoms with Gasteiger partial charge in [0.2, 0.25) is 0 Å². The van der Waals surface area contributed by atoms with Crippen molar-refractivity contribution in [2.45, 2.75) is 46.0 Å². The van der Waals surface area contributed by atoms with Crippen molar-refractivity contribution in [1.82, 2.24) is 0 Å². The first-order valence-electron chi connectivity index (χ1n) is 7.44. The quantitative estimate of drug-likeness (QED) is 0.739. The predicted molar refractivity (Wildman–Crippen MR) is 83.1 cm³/mol. The summed E-state index contributed by atoms with van der Waals surface area (Å²) < 4.78 is 14.5. The number of halogens is 2. The van der Waals surface area contributed by atoms with Gasteiger partial charge in [-0.25, -0.2) is 4.39 Å². The minimum atomic E-state index is -0.280. The van der Waals surface area contributed by atoms with Crippen LogP contribution in [0.25, 0.3) is 0 Å². The van der Waals surface area contributed by atoms with Gasteiger partial charge in [0, 0.05) is 16.8 Å². The summed E-state index contributed by atoms with van der Waals surface area (Å²) in [6.07, 6.45) is 4.43. The van der Waals surface area contributed by atoms with Crippen LogP contribution in [0.2, 0.25) is 0 Å². The number of Topliss-reactive ketones (excluding diaryl/α,β-unsaturated/α-hetero) is 1. The molecule has 1 saturated carbocycles. The number of rotatable bonds is 4. The molecule has 0 spiro atoms. The van der Waals surface area contributed by atoms with Gasteiger partial charge in [-0.2, -0.15) is 0 Å². The highest BCUT2D eigenvalue weighted by Gasteiger charge is 2.27. The highest BCUT2D eigenvalue weighted by Crippen LogP contribution is 2.34. The molecule has 110 valence electrons. The SMILES string of the molecule is CC(C)C1CCC(C(=O)Cc2cc(Br)ccc2F)CC1. The lowest BCUT2D eigenvalue weighted by molar-refractivity contribution is -0.123. The minimum absolute atomic E-state index is 0.128. The van der Waals surface area contributed by atoms with Crippen LogP contribution in [0.1, 0.15) is 45.1 Å². The Morgan fingerprint density at radius 2 is 1.95 bits per heavy atom. The molecule has 3 heteroatoms. The molecule has 20 heavy (non-hydrogen) atoms. The Morgan fingerprint density at radius 1 is 1.30 bits per heavy atom. The van der Waals surface area contributed by atoms with E-state index in [1.807, 2.05) is 0 Å². The van der Waals surface area contributed by atoms with Crippen LogP contribution in [-0.2, 0) is 11.2 Å².